The van der Waals surface area contributed by atoms with Gasteiger partial charge in [-0.2, -0.15) is 0 Å². The van der Waals surface area contributed by atoms with Gasteiger partial charge in [-0.3, -0.25) is 20.4 Å². The second-order valence-electron chi connectivity index (χ2n) is 4.67. The second kappa shape index (κ2) is 7.97. The molecule has 0 aliphatic heterocycles. The van der Waals surface area contributed by atoms with Gasteiger partial charge < -0.3 is 4.74 Å². The molecular formula is C16H14Cl2N2O3. The molecule has 2 N–H and O–H groups in total. The Balaban J connectivity index is 2.02. The number of hydrogen-bond donors (Lipinski definition) is 2. The molecule has 0 saturated heterocycles. The summed E-state index contributed by atoms with van der Waals surface area (Å²) in [5.41, 5.74) is 6.06. The number of hydrazine groups is 1. The fourth-order valence-electron chi connectivity index (χ4n) is 1.89. The molecule has 0 bridgehead atoms. The maximum absolute atomic E-state index is 12.1. The van der Waals surface area contributed by atoms with E-state index in [1.165, 1.54) is 12.1 Å². The molecule has 2 aromatic rings. The van der Waals surface area contributed by atoms with Crippen LogP contribution in [-0.4, -0.2) is 18.9 Å². The average Bonchev–Trinajstić information content (AvgIpc) is 2.55. The number of amides is 2. The predicted molar refractivity (Wildman–Crippen MR) is 88.5 cm³/mol. The van der Waals surface area contributed by atoms with Crippen LogP contribution in [0.4, 0.5) is 0 Å². The lowest BCUT2D eigenvalue weighted by atomic mass is 10.1. The van der Waals surface area contributed by atoms with E-state index in [4.69, 9.17) is 27.9 Å². The molecule has 0 aliphatic carbocycles. The molecule has 0 radical (unpaired) electrons. The summed E-state index contributed by atoms with van der Waals surface area (Å²) >= 11 is 11.8. The first-order valence-corrected chi connectivity index (χ1v) is 7.40. The summed E-state index contributed by atoms with van der Waals surface area (Å²) in [5, 5.41) is 0.612. The number of carbonyl (C=O) groups is 2. The van der Waals surface area contributed by atoms with Crippen LogP contribution in [0.2, 0.25) is 10.0 Å². The van der Waals surface area contributed by atoms with E-state index in [9.17, 15) is 9.59 Å². The summed E-state index contributed by atoms with van der Waals surface area (Å²) in [6.07, 6.45) is 0. The van der Waals surface area contributed by atoms with Crippen LogP contribution in [0.1, 0.15) is 26.3 Å². The van der Waals surface area contributed by atoms with Gasteiger partial charge in [-0.15, -0.1) is 0 Å². The van der Waals surface area contributed by atoms with E-state index >= 15 is 0 Å². The highest BCUT2D eigenvalue weighted by atomic mass is 35.5. The molecule has 0 atom stereocenters. The Kier molecular flexibility index (Phi) is 5.98. The van der Waals surface area contributed by atoms with E-state index in [-0.39, 0.29) is 10.6 Å². The lowest BCUT2D eigenvalue weighted by Gasteiger charge is -2.09. The number of carbonyl (C=O) groups excluding carboxylic acids is 2. The van der Waals surface area contributed by atoms with E-state index < -0.39 is 11.8 Å². The fraction of sp³-hybridized carbons (Fsp3) is 0.125. The normalized spacial score (nSPS) is 10.2. The summed E-state index contributed by atoms with van der Waals surface area (Å²) in [6.45, 7) is 0.394. The van der Waals surface area contributed by atoms with Gasteiger partial charge in [-0.25, -0.2) is 0 Å². The molecule has 7 heteroatoms. The molecule has 2 aromatic carbocycles. The Labute approximate surface area is 143 Å². The van der Waals surface area contributed by atoms with Crippen molar-refractivity contribution in [1.82, 2.24) is 10.9 Å². The zero-order chi connectivity index (χ0) is 16.8. The van der Waals surface area contributed by atoms with Gasteiger partial charge in [-0.05, 0) is 35.9 Å². The first-order chi connectivity index (χ1) is 11.0. The maximum atomic E-state index is 12.1. The molecule has 0 unspecified atom stereocenters. The quantitative estimate of drug-likeness (QED) is 0.830. The molecule has 0 aromatic heterocycles. The van der Waals surface area contributed by atoms with E-state index in [0.717, 1.165) is 5.56 Å². The van der Waals surface area contributed by atoms with Crippen molar-refractivity contribution in [3.05, 3.63) is 69.2 Å². The molecule has 0 spiro atoms. The zero-order valence-corrected chi connectivity index (χ0v) is 13.7. The van der Waals surface area contributed by atoms with Gasteiger partial charge in [0.25, 0.3) is 11.8 Å². The van der Waals surface area contributed by atoms with Gasteiger partial charge in [0.1, 0.15) is 0 Å². The number of hydrogen-bond acceptors (Lipinski definition) is 3. The van der Waals surface area contributed by atoms with Crippen LogP contribution < -0.4 is 10.9 Å². The largest absolute Gasteiger partial charge is 0.380 e. The number of nitrogens with one attached hydrogen (secondary N) is 2. The molecule has 23 heavy (non-hydrogen) atoms. The predicted octanol–water partition coefficient (Wildman–Crippen LogP) is 3.21. The van der Waals surface area contributed by atoms with Gasteiger partial charge in [0.15, 0.2) is 0 Å². The van der Waals surface area contributed by atoms with E-state index in [1.54, 1.807) is 31.4 Å². The summed E-state index contributed by atoms with van der Waals surface area (Å²) in [4.78, 5) is 24.1. The van der Waals surface area contributed by atoms with E-state index in [2.05, 4.69) is 10.9 Å². The monoisotopic (exact) mass is 352 g/mol. The van der Waals surface area contributed by atoms with Gasteiger partial charge in [-0.1, -0.05) is 35.3 Å². The fourth-order valence-corrected chi connectivity index (χ4v) is 2.27. The third-order valence-corrected chi connectivity index (χ3v) is 3.53. The smallest absolute Gasteiger partial charge is 0.271 e. The highest BCUT2D eigenvalue weighted by Crippen LogP contribution is 2.20. The van der Waals surface area contributed by atoms with Crippen LogP contribution >= 0.6 is 23.2 Å². The molecule has 0 aliphatic rings. The Morgan fingerprint density at radius 3 is 2.52 bits per heavy atom. The summed E-state index contributed by atoms with van der Waals surface area (Å²) in [7, 11) is 1.57. The maximum Gasteiger partial charge on any atom is 0.271 e. The lowest BCUT2D eigenvalue weighted by Crippen LogP contribution is -2.41. The number of benzene rings is 2. The molecular weight excluding hydrogens is 339 g/mol. The van der Waals surface area contributed by atoms with Crippen LogP contribution in [0.15, 0.2) is 42.5 Å². The van der Waals surface area contributed by atoms with Crippen molar-refractivity contribution in [1.29, 1.82) is 0 Å². The highest BCUT2D eigenvalue weighted by Gasteiger charge is 2.13. The van der Waals surface area contributed by atoms with Crippen molar-refractivity contribution in [2.45, 2.75) is 6.61 Å². The molecule has 2 amide bonds. The number of halogens is 2. The zero-order valence-electron chi connectivity index (χ0n) is 12.2. The Hall–Kier alpha value is -2.08. The second-order valence-corrected chi connectivity index (χ2v) is 5.51. The Morgan fingerprint density at radius 1 is 1.04 bits per heavy atom. The van der Waals surface area contributed by atoms with Crippen LogP contribution in [0.25, 0.3) is 0 Å². The minimum absolute atomic E-state index is 0.174. The minimum atomic E-state index is -0.557. The number of ether oxygens (including phenoxy) is 1. The van der Waals surface area contributed by atoms with Crippen molar-refractivity contribution in [3.63, 3.8) is 0 Å². The molecule has 2 rings (SSSR count). The molecule has 0 fully saturated rings. The molecule has 0 saturated carbocycles. The van der Waals surface area contributed by atoms with Crippen LogP contribution in [-0.2, 0) is 11.3 Å². The van der Waals surface area contributed by atoms with Crippen molar-refractivity contribution in [2.75, 3.05) is 7.11 Å². The first-order valence-electron chi connectivity index (χ1n) is 6.65. The van der Waals surface area contributed by atoms with Crippen LogP contribution in [0.5, 0.6) is 0 Å². The van der Waals surface area contributed by atoms with Crippen molar-refractivity contribution in [2.24, 2.45) is 0 Å². The summed E-state index contributed by atoms with van der Waals surface area (Å²) in [5.74, 6) is -1.01. The topological polar surface area (TPSA) is 67.4 Å². The Bertz CT molecular complexity index is 735. The molecule has 0 heterocycles. The van der Waals surface area contributed by atoms with Gasteiger partial charge in [0, 0.05) is 17.7 Å². The van der Waals surface area contributed by atoms with Gasteiger partial charge in [0.2, 0.25) is 0 Å². The third kappa shape index (κ3) is 4.69. The Morgan fingerprint density at radius 2 is 1.78 bits per heavy atom. The van der Waals surface area contributed by atoms with Crippen molar-refractivity contribution < 1.29 is 14.3 Å². The highest BCUT2D eigenvalue weighted by molar-refractivity contribution is 6.35. The minimum Gasteiger partial charge on any atom is -0.380 e. The standard InChI is InChI=1S/C16H14Cl2N2O3/c1-23-9-10-3-2-4-11(7-10)15(21)19-20-16(22)13-8-12(17)5-6-14(13)18/h2-8H,9H2,1H3,(H,19,21)(H,20,22). The molecule has 120 valence electrons. The van der Waals surface area contributed by atoms with Crippen molar-refractivity contribution >= 4 is 35.0 Å². The number of methoxy groups -OCH3 is 1. The van der Waals surface area contributed by atoms with Crippen molar-refractivity contribution in [3.8, 4) is 0 Å². The lowest BCUT2D eigenvalue weighted by molar-refractivity contribution is 0.0846. The van der Waals surface area contributed by atoms with E-state index in [0.29, 0.717) is 17.2 Å². The van der Waals surface area contributed by atoms with Gasteiger partial charge in [0.05, 0.1) is 17.2 Å². The SMILES string of the molecule is COCc1cccc(C(=O)NNC(=O)c2cc(Cl)ccc2Cl)c1. The van der Waals surface area contributed by atoms with Gasteiger partial charge >= 0.3 is 0 Å². The van der Waals surface area contributed by atoms with Crippen LogP contribution in [0.3, 0.4) is 0 Å². The third-order valence-electron chi connectivity index (χ3n) is 2.96. The number of rotatable bonds is 4. The van der Waals surface area contributed by atoms with Crippen LogP contribution in [0, 0.1) is 0 Å². The summed E-state index contributed by atoms with van der Waals surface area (Å²) in [6, 6.07) is 11.4. The summed E-state index contributed by atoms with van der Waals surface area (Å²) < 4.78 is 5.01. The average molecular weight is 353 g/mol. The molecule has 5 nitrogen and oxygen atoms in total. The first kappa shape index (κ1) is 17.3. The van der Waals surface area contributed by atoms with E-state index in [1.807, 2.05) is 6.07 Å².